The van der Waals surface area contributed by atoms with E-state index in [1.165, 1.54) is 24.3 Å². The van der Waals surface area contributed by atoms with E-state index >= 15 is 0 Å². The molecular weight excluding hydrogens is 414 g/mol. The molecule has 0 radical (unpaired) electrons. The second-order valence-corrected chi connectivity index (χ2v) is 7.57. The molecule has 8 heteroatoms. The number of amides is 2. The smallest absolute Gasteiger partial charge is 0.244 e. The van der Waals surface area contributed by atoms with Gasteiger partial charge in [0.05, 0.1) is 11.4 Å². The van der Waals surface area contributed by atoms with Gasteiger partial charge in [0.25, 0.3) is 0 Å². The summed E-state index contributed by atoms with van der Waals surface area (Å²) < 4.78 is 11.2. The third-order valence-electron chi connectivity index (χ3n) is 4.54. The summed E-state index contributed by atoms with van der Waals surface area (Å²) in [6.45, 7) is 2.83. The Morgan fingerprint density at radius 2 is 1.94 bits per heavy atom. The van der Waals surface area contributed by atoms with Crippen molar-refractivity contribution in [3.63, 3.8) is 0 Å². The van der Waals surface area contributed by atoms with Crippen molar-refractivity contribution >= 4 is 40.0 Å². The van der Waals surface area contributed by atoms with Gasteiger partial charge in [0.2, 0.25) is 11.8 Å². The van der Waals surface area contributed by atoms with E-state index in [-0.39, 0.29) is 11.8 Å². The molecule has 0 bridgehead atoms. The third-order valence-corrected chi connectivity index (χ3v) is 5.38. The molecule has 2 aromatic carbocycles. The highest BCUT2D eigenvalue weighted by atomic mass is 32.1. The zero-order valence-electron chi connectivity index (χ0n) is 16.9. The number of rotatable bonds is 6. The largest absolute Gasteiger partial charge is 0.486 e. The van der Waals surface area contributed by atoms with E-state index in [0.717, 1.165) is 11.3 Å². The van der Waals surface area contributed by atoms with Gasteiger partial charge in [-0.3, -0.25) is 14.5 Å². The van der Waals surface area contributed by atoms with Crippen LogP contribution in [0, 0.1) is 0 Å². The van der Waals surface area contributed by atoms with Crippen molar-refractivity contribution in [3.8, 4) is 11.5 Å². The molecule has 0 saturated carbocycles. The molecular formula is C23H21N3O4S. The summed E-state index contributed by atoms with van der Waals surface area (Å²) in [6.07, 6.45) is 3.05. The number of hydrogen-bond donors (Lipinski definition) is 1. The quantitative estimate of drug-likeness (QED) is 0.594. The number of para-hydroxylation sites is 2. The molecule has 1 aliphatic heterocycles. The van der Waals surface area contributed by atoms with Crippen molar-refractivity contribution in [2.24, 2.45) is 0 Å². The number of anilines is 2. The van der Waals surface area contributed by atoms with E-state index in [0.29, 0.717) is 42.1 Å². The number of thiazole rings is 1. The molecule has 2 amide bonds. The molecule has 158 valence electrons. The molecule has 1 aromatic heterocycles. The first-order valence-corrected chi connectivity index (χ1v) is 10.6. The zero-order valence-corrected chi connectivity index (χ0v) is 17.7. The lowest BCUT2D eigenvalue weighted by atomic mass is 10.1. The molecule has 0 saturated heterocycles. The third kappa shape index (κ3) is 4.92. The van der Waals surface area contributed by atoms with Crippen molar-refractivity contribution in [2.45, 2.75) is 13.5 Å². The standard InChI is InChI=1S/C23H21N3O4S/c1-16(27)26(19-7-3-2-4-8-19)23-25-18(15-31-23)10-11-21(28)24-14-17-6-5-9-20-22(17)30-13-12-29-20/h2-11,15H,12-14H2,1H3,(H,24,28)/b11-10+. The Labute approximate surface area is 183 Å². The van der Waals surface area contributed by atoms with Gasteiger partial charge in [-0.05, 0) is 24.3 Å². The minimum absolute atomic E-state index is 0.133. The van der Waals surface area contributed by atoms with Gasteiger partial charge in [0.1, 0.15) is 13.2 Å². The lowest BCUT2D eigenvalue weighted by molar-refractivity contribution is -0.117. The van der Waals surface area contributed by atoms with Gasteiger partial charge in [0.15, 0.2) is 16.6 Å². The second kappa shape index (κ2) is 9.44. The maximum atomic E-state index is 12.3. The van der Waals surface area contributed by atoms with E-state index in [1.807, 2.05) is 48.5 Å². The summed E-state index contributed by atoms with van der Waals surface area (Å²) in [6, 6.07) is 14.9. The molecule has 0 atom stereocenters. The minimum atomic E-state index is -0.254. The lowest BCUT2D eigenvalue weighted by Gasteiger charge is -2.20. The van der Waals surface area contributed by atoms with Crippen LogP contribution in [-0.2, 0) is 16.1 Å². The van der Waals surface area contributed by atoms with Crippen LogP contribution in [0.15, 0.2) is 60.0 Å². The summed E-state index contributed by atoms with van der Waals surface area (Å²) in [5.74, 6) is 0.978. The van der Waals surface area contributed by atoms with E-state index in [2.05, 4.69) is 10.3 Å². The number of ether oxygens (including phenoxy) is 2. The predicted octanol–water partition coefficient (Wildman–Crippen LogP) is 3.93. The van der Waals surface area contributed by atoms with Crippen LogP contribution < -0.4 is 19.7 Å². The number of nitrogens with zero attached hydrogens (tertiary/aromatic N) is 2. The van der Waals surface area contributed by atoms with Crippen LogP contribution in [0.3, 0.4) is 0 Å². The second-order valence-electron chi connectivity index (χ2n) is 6.74. The summed E-state index contributed by atoms with van der Waals surface area (Å²) in [5.41, 5.74) is 2.20. The summed E-state index contributed by atoms with van der Waals surface area (Å²) in [7, 11) is 0. The Bertz CT molecular complexity index is 1110. The Hall–Kier alpha value is -3.65. The maximum Gasteiger partial charge on any atom is 0.244 e. The van der Waals surface area contributed by atoms with Crippen LogP contribution in [0.5, 0.6) is 11.5 Å². The van der Waals surface area contributed by atoms with Crippen LogP contribution in [0.2, 0.25) is 0 Å². The average molecular weight is 436 g/mol. The molecule has 0 fully saturated rings. The SMILES string of the molecule is CC(=O)N(c1ccccc1)c1nc(/C=C/C(=O)NCc2cccc3c2OCCO3)cs1. The molecule has 0 unspecified atom stereocenters. The van der Waals surface area contributed by atoms with Crippen LogP contribution >= 0.6 is 11.3 Å². The van der Waals surface area contributed by atoms with Gasteiger partial charge in [-0.2, -0.15) is 0 Å². The normalized spacial score (nSPS) is 12.5. The van der Waals surface area contributed by atoms with Crippen LogP contribution in [0.1, 0.15) is 18.2 Å². The van der Waals surface area contributed by atoms with E-state index < -0.39 is 0 Å². The highest BCUT2D eigenvalue weighted by Crippen LogP contribution is 2.33. The van der Waals surface area contributed by atoms with Crippen LogP contribution in [0.4, 0.5) is 10.8 Å². The fourth-order valence-electron chi connectivity index (χ4n) is 3.14. The number of benzene rings is 2. The topological polar surface area (TPSA) is 80.8 Å². The number of carbonyl (C=O) groups excluding carboxylic acids is 2. The van der Waals surface area contributed by atoms with Crippen molar-refractivity contribution in [1.82, 2.24) is 10.3 Å². The maximum absolute atomic E-state index is 12.3. The molecule has 0 spiro atoms. The van der Waals surface area contributed by atoms with E-state index in [4.69, 9.17) is 9.47 Å². The van der Waals surface area contributed by atoms with Crippen molar-refractivity contribution < 1.29 is 19.1 Å². The Kier molecular flexibility index (Phi) is 6.28. The molecule has 7 nitrogen and oxygen atoms in total. The first kappa shape index (κ1) is 20.6. The van der Waals surface area contributed by atoms with Gasteiger partial charge in [0, 0.05) is 30.5 Å². The van der Waals surface area contributed by atoms with Crippen LogP contribution in [0.25, 0.3) is 6.08 Å². The van der Waals surface area contributed by atoms with Crippen molar-refractivity contribution in [2.75, 3.05) is 18.1 Å². The van der Waals surface area contributed by atoms with Gasteiger partial charge in [-0.1, -0.05) is 30.3 Å². The van der Waals surface area contributed by atoms with Gasteiger partial charge >= 0.3 is 0 Å². The zero-order chi connectivity index (χ0) is 21.6. The summed E-state index contributed by atoms with van der Waals surface area (Å²) >= 11 is 1.34. The number of carbonyl (C=O) groups is 2. The van der Waals surface area contributed by atoms with Gasteiger partial charge in [-0.25, -0.2) is 4.98 Å². The molecule has 3 aromatic rings. The van der Waals surface area contributed by atoms with Gasteiger partial charge in [-0.15, -0.1) is 11.3 Å². The number of fused-ring (bicyclic) bond motifs is 1. The lowest BCUT2D eigenvalue weighted by Crippen LogP contribution is -2.22. The summed E-state index contributed by atoms with van der Waals surface area (Å²) in [5, 5.41) is 5.19. The Morgan fingerprint density at radius 3 is 2.74 bits per heavy atom. The molecule has 31 heavy (non-hydrogen) atoms. The molecule has 0 aliphatic carbocycles. The fraction of sp³-hybridized carbons (Fsp3) is 0.174. The van der Waals surface area contributed by atoms with E-state index in [9.17, 15) is 9.59 Å². The van der Waals surface area contributed by atoms with Gasteiger partial charge < -0.3 is 14.8 Å². The number of aromatic nitrogens is 1. The number of hydrogen-bond acceptors (Lipinski definition) is 6. The molecule has 1 aliphatic rings. The average Bonchev–Trinajstić information content (AvgIpc) is 3.25. The summed E-state index contributed by atoms with van der Waals surface area (Å²) in [4.78, 5) is 30.4. The minimum Gasteiger partial charge on any atom is -0.486 e. The first-order valence-electron chi connectivity index (χ1n) is 9.76. The van der Waals surface area contributed by atoms with Crippen molar-refractivity contribution in [3.05, 3.63) is 71.2 Å². The molecule has 1 N–H and O–H groups in total. The Balaban J connectivity index is 1.40. The van der Waals surface area contributed by atoms with Crippen LogP contribution in [-0.4, -0.2) is 30.0 Å². The fourth-order valence-corrected chi connectivity index (χ4v) is 3.99. The monoisotopic (exact) mass is 435 g/mol. The van der Waals surface area contributed by atoms with E-state index in [1.54, 1.807) is 16.4 Å². The Morgan fingerprint density at radius 1 is 1.13 bits per heavy atom. The predicted molar refractivity (Wildman–Crippen MR) is 120 cm³/mol. The highest BCUT2D eigenvalue weighted by molar-refractivity contribution is 7.14. The molecule has 4 rings (SSSR count). The number of nitrogens with one attached hydrogen (secondary N) is 1. The van der Waals surface area contributed by atoms with Crippen molar-refractivity contribution in [1.29, 1.82) is 0 Å². The molecule has 2 heterocycles. The first-order chi connectivity index (χ1) is 15.1. The highest BCUT2D eigenvalue weighted by Gasteiger charge is 2.17.